The zero-order chi connectivity index (χ0) is 15.4. The molecule has 21 heavy (non-hydrogen) atoms. The van der Waals surface area contributed by atoms with Crippen molar-refractivity contribution in [2.24, 2.45) is 0 Å². The van der Waals surface area contributed by atoms with Crippen molar-refractivity contribution < 1.29 is 4.79 Å². The highest BCUT2D eigenvalue weighted by Gasteiger charge is 2.13. The predicted molar refractivity (Wildman–Crippen MR) is 88.2 cm³/mol. The zero-order valence-electron chi connectivity index (χ0n) is 11.8. The quantitative estimate of drug-likeness (QED) is 0.802. The second-order valence-electron chi connectivity index (χ2n) is 4.86. The first-order valence-corrected chi connectivity index (χ1v) is 7.30. The highest BCUT2D eigenvalue weighted by atomic mass is 35.5. The van der Waals surface area contributed by atoms with E-state index in [0.29, 0.717) is 10.0 Å². The van der Waals surface area contributed by atoms with E-state index in [4.69, 9.17) is 23.2 Å². The molecular weight excluding hydrogens is 307 g/mol. The number of hydrogen-bond acceptors (Lipinski definition) is 1. The lowest BCUT2D eigenvalue weighted by Gasteiger charge is -2.16. The highest BCUT2D eigenvalue weighted by Crippen LogP contribution is 2.26. The molecule has 0 heterocycles. The summed E-state index contributed by atoms with van der Waals surface area (Å²) in [5.41, 5.74) is 2.66. The number of carbonyl (C=O) groups is 1. The average Bonchev–Trinajstić information content (AvgIpc) is 2.38. The first-order chi connectivity index (χ1) is 9.95. The van der Waals surface area contributed by atoms with E-state index in [0.717, 1.165) is 16.8 Å². The smallest absolute Gasteiger partial charge is 0.319 e. The van der Waals surface area contributed by atoms with Gasteiger partial charge in [0.1, 0.15) is 0 Å². The SMILES string of the molecule is Cc1cccc(NC(=O)NC(C)c2ccc(Cl)cc2Cl)c1. The van der Waals surface area contributed by atoms with Gasteiger partial charge < -0.3 is 10.6 Å². The summed E-state index contributed by atoms with van der Waals surface area (Å²) in [4.78, 5) is 12.0. The molecule has 0 aliphatic heterocycles. The minimum atomic E-state index is -0.279. The van der Waals surface area contributed by atoms with Crippen molar-refractivity contribution in [1.29, 1.82) is 0 Å². The van der Waals surface area contributed by atoms with Crippen molar-refractivity contribution in [3.05, 3.63) is 63.6 Å². The number of benzene rings is 2. The molecule has 1 unspecified atom stereocenters. The van der Waals surface area contributed by atoms with E-state index in [1.807, 2.05) is 44.2 Å². The van der Waals surface area contributed by atoms with Crippen LogP contribution in [0, 0.1) is 6.92 Å². The van der Waals surface area contributed by atoms with Crippen LogP contribution in [0.5, 0.6) is 0 Å². The van der Waals surface area contributed by atoms with E-state index in [1.165, 1.54) is 0 Å². The monoisotopic (exact) mass is 322 g/mol. The largest absolute Gasteiger partial charge is 0.331 e. The molecule has 0 aromatic heterocycles. The van der Waals surface area contributed by atoms with Gasteiger partial charge in [-0.1, -0.05) is 41.4 Å². The summed E-state index contributed by atoms with van der Waals surface area (Å²) >= 11 is 12.0. The second-order valence-corrected chi connectivity index (χ2v) is 5.70. The van der Waals surface area contributed by atoms with Gasteiger partial charge in [-0.2, -0.15) is 0 Å². The van der Waals surface area contributed by atoms with Crippen molar-refractivity contribution >= 4 is 34.9 Å². The van der Waals surface area contributed by atoms with Gasteiger partial charge >= 0.3 is 6.03 Å². The Hall–Kier alpha value is -1.71. The van der Waals surface area contributed by atoms with E-state index >= 15 is 0 Å². The lowest BCUT2D eigenvalue weighted by molar-refractivity contribution is 0.249. The van der Waals surface area contributed by atoms with Crippen LogP contribution in [-0.4, -0.2) is 6.03 Å². The third-order valence-electron chi connectivity index (χ3n) is 3.05. The molecule has 0 fully saturated rings. The summed E-state index contributed by atoms with van der Waals surface area (Å²) in [5.74, 6) is 0. The standard InChI is InChI=1S/C16H16Cl2N2O/c1-10-4-3-5-13(8-10)20-16(21)19-11(2)14-7-6-12(17)9-15(14)18/h3-9,11H,1-2H3,(H2,19,20,21). The summed E-state index contributed by atoms with van der Waals surface area (Å²) in [5, 5.41) is 6.74. The Balaban J connectivity index is 2.02. The lowest BCUT2D eigenvalue weighted by atomic mass is 10.1. The summed E-state index contributed by atoms with van der Waals surface area (Å²) in [6.45, 7) is 3.84. The van der Waals surface area contributed by atoms with E-state index in [-0.39, 0.29) is 12.1 Å². The van der Waals surface area contributed by atoms with Crippen LogP contribution in [0.3, 0.4) is 0 Å². The fourth-order valence-electron chi connectivity index (χ4n) is 2.02. The van der Waals surface area contributed by atoms with Crippen molar-refractivity contribution in [2.45, 2.75) is 19.9 Å². The van der Waals surface area contributed by atoms with Gasteiger partial charge in [0.05, 0.1) is 6.04 Å². The number of nitrogens with one attached hydrogen (secondary N) is 2. The minimum absolute atomic E-state index is 0.223. The van der Waals surface area contributed by atoms with Crippen LogP contribution in [0.2, 0.25) is 10.0 Å². The lowest BCUT2D eigenvalue weighted by Crippen LogP contribution is -2.31. The van der Waals surface area contributed by atoms with Gasteiger partial charge in [-0.05, 0) is 49.2 Å². The molecule has 0 spiro atoms. The maximum Gasteiger partial charge on any atom is 0.319 e. The van der Waals surface area contributed by atoms with Gasteiger partial charge in [-0.15, -0.1) is 0 Å². The Bertz CT molecular complexity index is 658. The number of rotatable bonds is 3. The number of urea groups is 1. The molecule has 1 atom stereocenters. The fourth-order valence-corrected chi connectivity index (χ4v) is 2.59. The number of aryl methyl sites for hydroxylation is 1. The van der Waals surface area contributed by atoms with Crippen molar-refractivity contribution in [3.63, 3.8) is 0 Å². The first-order valence-electron chi connectivity index (χ1n) is 6.55. The molecule has 0 bridgehead atoms. The van der Waals surface area contributed by atoms with E-state index in [9.17, 15) is 4.79 Å². The van der Waals surface area contributed by atoms with Crippen LogP contribution in [-0.2, 0) is 0 Å². The van der Waals surface area contributed by atoms with Gasteiger partial charge in [0.25, 0.3) is 0 Å². The van der Waals surface area contributed by atoms with Crippen LogP contribution in [0.4, 0.5) is 10.5 Å². The third-order valence-corrected chi connectivity index (χ3v) is 3.61. The number of halogens is 2. The van der Waals surface area contributed by atoms with Crippen LogP contribution in [0.15, 0.2) is 42.5 Å². The molecule has 2 aromatic carbocycles. The van der Waals surface area contributed by atoms with Crippen molar-refractivity contribution in [2.75, 3.05) is 5.32 Å². The number of carbonyl (C=O) groups excluding carboxylic acids is 1. The molecule has 0 saturated carbocycles. The van der Waals surface area contributed by atoms with Gasteiger partial charge in [-0.25, -0.2) is 4.79 Å². The molecule has 0 aliphatic rings. The fraction of sp³-hybridized carbons (Fsp3) is 0.188. The first kappa shape index (κ1) is 15.7. The molecule has 2 N–H and O–H groups in total. The number of anilines is 1. The Morgan fingerprint density at radius 2 is 1.90 bits per heavy atom. The molecule has 110 valence electrons. The van der Waals surface area contributed by atoms with Crippen LogP contribution >= 0.6 is 23.2 Å². The zero-order valence-corrected chi connectivity index (χ0v) is 13.3. The summed E-state index contributed by atoms with van der Waals surface area (Å²) in [7, 11) is 0. The Morgan fingerprint density at radius 3 is 2.57 bits per heavy atom. The minimum Gasteiger partial charge on any atom is -0.331 e. The van der Waals surface area contributed by atoms with E-state index in [1.54, 1.807) is 12.1 Å². The van der Waals surface area contributed by atoms with Gasteiger partial charge in [-0.3, -0.25) is 0 Å². The normalized spacial score (nSPS) is 11.8. The topological polar surface area (TPSA) is 41.1 Å². The molecule has 2 rings (SSSR count). The van der Waals surface area contributed by atoms with Crippen LogP contribution in [0.25, 0.3) is 0 Å². The van der Waals surface area contributed by atoms with Crippen LogP contribution in [0.1, 0.15) is 24.1 Å². The average molecular weight is 323 g/mol. The molecule has 0 aliphatic carbocycles. The number of amides is 2. The Labute approximate surface area is 134 Å². The molecule has 0 saturated heterocycles. The maximum absolute atomic E-state index is 12.0. The van der Waals surface area contributed by atoms with E-state index in [2.05, 4.69) is 10.6 Å². The van der Waals surface area contributed by atoms with Gasteiger partial charge in [0.15, 0.2) is 0 Å². The molecule has 2 amide bonds. The third kappa shape index (κ3) is 4.38. The summed E-state index contributed by atoms with van der Waals surface area (Å²) in [6.07, 6.45) is 0. The number of hydrogen-bond donors (Lipinski definition) is 2. The van der Waals surface area contributed by atoms with E-state index < -0.39 is 0 Å². The Kier molecular flexibility index (Phi) is 5.10. The molecule has 3 nitrogen and oxygen atoms in total. The van der Waals surface area contributed by atoms with Crippen molar-refractivity contribution in [3.8, 4) is 0 Å². The highest BCUT2D eigenvalue weighted by molar-refractivity contribution is 6.35. The second kappa shape index (κ2) is 6.83. The predicted octanol–water partition coefficient (Wildman–Crippen LogP) is 5.18. The molecule has 0 radical (unpaired) electrons. The summed E-state index contributed by atoms with van der Waals surface area (Å²) < 4.78 is 0. The van der Waals surface area contributed by atoms with Gasteiger partial charge in [0.2, 0.25) is 0 Å². The molecular formula is C16H16Cl2N2O. The Morgan fingerprint density at radius 1 is 1.14 bits per heavy atom. The molecule has 5 heteroatoms. The summed E-state index contributed by atoms with van der Waals surface area (Å²) in [6, 6.07) is 12.3. The van der Waals surface area contributed by atoms with Crippen LogP contribution < -0.4 is 10.6 Å². The van der Waals surface area contributed by atoms with Crippen molar-refractivity contribution in [1.82, 2.24) is 5.32 Å². The van der Waals surface area contributed by atoms with Gasteiger partial charge in [0, 0.05) is 15.7 Å². The molecule has 2 aromatic rings. The maximum atomic E-state index is 12.0.